The van der Waals surface area contributed by atoms with Gasteiger partial charge in [-0.3, -0.25) is 0 Å². The number of benzene rings is 2. The van der Waals surface area contributed by atoms with Crippen LogP contribution >= 0.6 is 0 Å². The molecule has 0 radical (unpaired) electrons. The van der Waals surface area contributed by atoms with Gasteiger partial charge in [-0.15, -0.1) is 0 Å². The van der Waals surface area contributed by atoms with Crippen molar-refractivity contribution < 1.29 is 0 Å². The third-order valence-corrected chi connectivity index (χ3v) is 3.46. The highest BCUT2D eigenvalue weighted by atomic mass is 14.8. The highest BCUT2D eigenvalue weighted by Gasteiger charge is 2.05. The van der Waals surface area contributed by atoms with Crippen molar-refractivity contribution in [2.24, 2.45) is 5.92 Å². The lowest BCUT2D eigenvalue weighted by Crippen LogP contribution is -2.12. The monoisotopic (exact) mass is 267 g/mol. The van der Waals surface area contributed by atoms with Crippen molar-refractivity contribution in [3.8, 4) is 11.1 Å². The van der Waals surface area contributed by atoms with Crippen LogP contribution in [0.5, 0.6) is 0 Å². The second-order valence-electron chi connectivity index (χ2n) is 5.74. The quantitative estimate of drug-likeness (QED) is 0.802. The summed E-state index contributed by atoms with van der Waals surface area (Å²) >= 11 is 0. The molecule has 20 heavy (non-hydrogen) atoms. The number of hydrogen-bond donors (Lipinski definition) is 1. The lowest BCUT2D eigenvalue weighted by Gasteiger charge is -2.12. The lowest BCUT2D eigenvalue weighted by atomic mass is 9.95. The topological polar surface area (TPSA) is 12.0 Å². The van der Waals surface area contributed by atoms with E-state index in [0.29, 0.717) is 5.92 Å². The van der Waals surface area contributed by atoms with Gasteiger partial charge < -0.3 is 5.32 Å². The Labute approximate surface area is 123 Å². The summed E-state index contributed by atoms with van der Waals surface area (Å²) in [6.45, 7) is 8.62. The standard InChI is InChI=1S/C19H25N/c1-4-20-14-18-9-5-6-11-19(18)17-10-7-8-16(13-17)12-15(2)3/h5-11,13,15,20H,4,12,14H2,1-3H3. The SMILES string of the molecule is CCNCc1ccccc1-c1cccc(CC(C)C)c1. The number of rotatable bonds is 6. The van der Waals surface area contributed by atoms with E-state index >= 15 is 0 Å². The average Bonchev–Trinajstić information content (AvgIpc) is 2.45. The second kappa shape index (κ2) is 7.25. The minimum Gasteiger partial charge on any atom is -0.313 e. The van der Waals surface area contributed by atoms with Crippen molar-refractivity contribution >= 4 is 0 Å². The Morgan fingerprint density at radius 2 is 1.80 bits per heavy atom. The Balaban J connectivity index is 2.31. The van der Waals surface area contributed by atoms with Gasteiger partial charge in [0.15, 0.2) is 0 Å². The van der Waals surface area contributed by atoms with Crippen LogP contribution in [0.3, 0.4) is 0 Å². The van der Waals surface area contributed by atoms with Crippen LogP contribution in [-0.4, -0.2) is 6.54 Å². The van der Waals surface area contributed by atoms with Crippen LogP contribution in [0.1, 0.15) is 31.9 Å². The van der Waals surface area contributed by atoms with Crippen molar-refractivity contribution in [2.75, 3.05) is 6.54 Å². The molecule has 0 saturated heterocycles. The first-order valence-electron chi connectivity index (χ1n) is 7.58. The molecule has 0 unspecified atom stereocenters. The summed E-state index contributed by atoms with van der Waals surface area (Å²) in [5, 5.41) is 3.42. The Morgan fingerprint density at radius 3 is 2.55 bits per heavy atom. The lowest BCUT2D eigenvalue weighted by molar-refractivity contribution is 0.647. The first-order valence-corrected chi connectivity index (χ1v) is 7.58. The van der Waals surface area contributed by atoms with E-state index in [1.165, 1.54) is 22.3 Å². The molecule has 0 saturated carbocycles. The molecule has 0 aromatic heterocycles. The van der Waals surface area contributed by atoms with E-state index in [1.807, 2.05) is 0 Å². The van der Waals surface area contributed by atoms with Crippen LogP contribution in [0.4, 0.5) is 0 Å². The summed E-state index contributed by atoms with van der Waals surface area (Å²) in [4.78, 5) is 0. The first kappa shape index (κ1) is 14.8. The highest BCUT2D eigenvalue weighted by molar-refractivity contribution is 5.68. The van der Waals surface area contributed by atoms with Crippen LogP contribution in [0, 0.1) is 5.92 Å². The van der Waals surface area contributed by atoms with Gasteiger partial charge in [-0.25, -0.2) is 0 Å². The van der Waals surface area contributed by atoms with Gasteiger partial charge >= 0.3 is 0 Å². The molecule has 1 nitrogen and oxygen atoms in total. The molecule has 2 aromatic rings. The molecule has 0 spiro atoms. The van der Waals surface area contributed by atoms with Crippen molar-refractivity contribution in [3.05, 3.63) is 59.7 Å². The predicted molar refractivity (Wildman–Crippen MR) is 87.8 cm³/mol. The molecule has 106 valence electrons. The van der Waals surface area contributed by atoms with Gasteiger partial charge in [0.05, 0.1) is 0 Å². The zero-order valence-corrected chi connectivity index (χ0v) is 12.8. The fourth-order valence-corrected chi connectivity index (χ4v) is 2.55. The Morgan fingerprint density at radius 1 is 1.00 bits per heavy atom. The van der Waals surface area contributed by atoms with Gasteiger partial charge in [0.1, 0.15) is 0 Å². The molecule has 0 atom stereocenters. The number of nitrogens with one attached hydrogen (secondary N) is 1. The smallest absolute Gasteiger partial charge is 0.0211 e. The Bertz CT molecular complexity index is 543. The predicted octanol–water partition coefficient (Wildman–Crippen LogP) is 4.66. The maximum atomic E-state index is 3.42. The van der Waals surface area contributed by atoms with Gasteiger partial charge in [0, 0.05) is 6.54 Å². The van der Waals surface area contributed by atoms with E-state index in [4.69, 9.17) is 0 Å². The molecule has 2 aromatic carbocycles. The third-order valence-electron chi connectivity index (χ3n) is 3.46. The van der Waals surface area contributed by atoms with Crippen LogP contribution in [0.25, 0.3) is 11.1 Å². The normalized spacial score (nSPS) is 11.0. The van der Waals surface area contributed by atoms with E-state index in [1.54, 1.807) is 0 Å². The summed E-state index contributed by atoms with van der Waals surface area (Å²) in [5.41, 5.74) is 5.47. The van der Waals surface area contributed by atoms with Gasteiger partial charge in [0.2, 0.25) is 0 Å². The van der Waals surface area contributed by atoms with Crippen LogP contribution in [0.15, 0.2) is 48.5 Å². The fraction of sp³-hybridized carbons (Fsp3) is 0.368. The summed E-state index contributed by atoms with van der Waals surface area (Å²) < 4.78 is 0. The van der Waals surface area contributed by atoms with Gasteiger partial charge in [-0.1, -0.05) is 69.3 Å². The van der Waals surface area contributed by atoms with Gasteiger partial charge in [-0.2, -0.15) is 0 Å². The first-order chi connectivity index (χ1) is 9.70. The third kappa shape index (κ3) is 3.94. The van der Waals surface area contributed by atoms with Crippen molar-refractivity contribution in [1.29, 1.82) is 0 Å². The molecular formula is C19H25N. The van der Waals surface area contributed by atoms with Crippen molar-refractivity contribution in [3.63, 3.8) is 0 Å². The molecule has 1 N–H and O–H groups in total. The molecular weight excluding hydrogens is 242 g/mol. The molecule has 0 amide bonds. The van der Waals surface area contributed by atoms with E-state index in [2.05, 4.69) is 74.6 Å². The summed E-state index contributed by atoms with van der Waals surface area (Å²) in [6.07, 6.45) is 1.14. The number of hydrogen-bond acceptors (Lipinski definition) is 1. The maximum Gasteiger partial charge on any atom is 0.0211 e. The van der Waals surface area contributed by atoms with Gasteiger partial charge in [-0.05, 0) is 41.1 Å². The molecule has 0 aliphatic carbocycles. The van der Waals surface area contributed by atoms with Crippen LogP contribution in [-0.2, 0) is 13.0 Å². The minimum atomic E-state index is 0.697. The second-order valence-corrected chi connectivity index (χ2v) is 5.74. The molecule has 0 bridgehead atoms. The summed E-state index contributed by atoms with van der Waals surface area (Å²) in [6, 6.07) is 17.6. The molecule has 1 heteroatoms. The molecule has 0 aliphatic rings. The largest absolute Gasteiger partial charge is 0.313 e. The molecule has 0 aliphatic heterocycles. The minimum absolute atomic E-state index is 0.697. The summed E-state index contributed by atoms with van der Waals surface area (Å²) in [5.74, 6) is 0.697. The molecule has 2 rings (SSSR count). The Hall–Kier alpha value is -1.60. The summed E-state index contributed by atoms with van der Waals surface area (Å²) in [7, 11) is 0. The zero-order valence-electron chi connectivity index (χ0n) is 12.8. The molecule has 0 heterocycles. The van der Waals surface area contributed by atoms with E-state index < -0.39 is 0 Å². The van der Waals surface area contributed by atoms with E-state index in [0.717, 1.165) is 19.5 Å². The molecule has 0 fully saturated rings. The van der Waals surface area contributed by atoms with Crippen molar-refractivity contribution in [2.45, 2.75) is 33.7 Å². The van der Waals surface area contributed by atoms with Crippen LogP contribution in [0.2, 0.25) is 0 Å². The fourth-order valence-electron chi connectivity index (χ4n) is 2.55. The maximum absolute atomic E-state index is 3.42. The van der Waals surface area contributed by atoms with Crippen LogP contribution < -0.4 is 5.32 Å². The average molecular weight is 267 g/mol. The Kier molecular flexibility index (Phi) is 5.37. The van der Waals surface area contributed by atoms with Gasteiger partial charge in [0.25, 0.3) is 0 Å². The highest BCUT2D eigenvalue weighted by Crippen LogP contribution is 2.25. The van der Waals surface area contributed by atoms with E-state index in [-0.39, 0.29) is 0 Å². The van der Waals surface area contributed by atoms with Crippen molar-refractivity contribution in [1.82, 2.24) is 5.32 Å². The zero-order chi connectivity index (χ0) is 14.4. The van der Waals surface area contributed by atoms with E-state index in [9.17, 15) is 0 Å².